The summed E-state index contributed by atoms with van der Waals surface area (Å²) in [6.07, 6.45) is 4.21. The highest BCUT2D eigenvalue weighted by molar-refractivity contribution is 7.99. The SMILES string of the molecule is CC(N)Cc1cnc(Sc2ccccc2F)nc1. The molecule has 2 aromatic rings. The zero-order chi connectivity index (χ0) is 13.0. The van der Waals surface area contributed by atoms with Gasteiger partial charge in [0.05, 0.1) is 4.90 Å². The van der Waals surface area contributed by atoms with Gasteiger partial charge in [-0.15, -0.1) is 0 Å². The maximum Gasteiger partial charge on any atom is 0.192 e. The smallest absolute Gasteiger partial charge is 0.192 e. The van der Waals surface area contributed by atoms with Gasteiger partial charge in [-0.3, -0.25) is 0 Å². The van der Waals surface area contributed by atoms with Gasteiger partial charge >= 0.3 is 0 Å². The van der Waals surface area contributed by atoms with Crippen LogP contribution < -0.4 is 5.73 Å². The molecular weight excluding hydrogens is 249 g/mol. The van der Waals surface area contributed by atoms with Crippen molar-refractivity contribution in [1.82, 2.24) is 9.97 Å². The van der Waals surface area contributed by atoms with Gasteiger partial charge in [-0.25, -0.2) is 14.4 Å². The Balaban J connectivity index is 2.09. The normalized spacial score (nSPS) is 12.4. The summed E-state index contributed by atoms with van der Waals surface area (Å²) in [5, 5.41) is 0.536. The molecule has 94 valence electrons. The molecule has 1 aromatic carbocycles. The highest BCUT2D eigenvalue weighted by atomic mass is 32.2. The van der Waals surface area contributed by atoms with E-state index in [2.05, 4.69) is 9.97 Å². The summed E-state index contributed by atoms with van der Waals surface area (Å²) >= 11 is 1.21. The van der Waals surface area contributed by atoms with Crippen molar-refractivity contribution in [1.29, 1.82) is 0 Å². The van der Waals surface area contributed by atoms with Gasteiger partial charge in [0, 0.05) is 18.4 Å². The fourth-order valence-electron chi connectivity index (χ4n) is 1.50. The molecule has 2 rings (SSSR count). The summed E-state index contributed by atoms with van der Waals surface area (Å²) < 4.78 is 13.4. The van der Waals surface area contributed by atoms with E-state index in [1.54, 1.807) is 30.6 Å². The summed E-state index contributed by atoms with van der Waals surface area (Å²) in [6.45, 7) is 1.93. The van der Waals surface area contributed by atoms with Crippen molar-refractivity contribution in [3.05, 3.63) is 48.0 Å². The van der Waals surface area contributed by atoms with E-state index in [1.165, 1.54) is 17.8 Å². The maximum absolute atomic E-state index is 13.4. The van der Waals surface area contributed by atoms with Crippen LogP contribution in [0.3, 0.4) is 0 Å². The van der Waals surface area contributed by atoms with Crippen LogP contribution in [0, 0.1) is 5.82 Å². The lowest BCUT2D eigenvalue weighted by Crippen LogP contribution is -2.17. The molecular formula is C13H14FN3S. The van der Waals surface area contributed by atoms with Crippen molar-refractivity contribution in [3.8, 4) is 0 Å². The second-order valence-electron chi connectivity index (χ2n) is 4.09. The van der Waals surface area contributed by atoms with E-state index < -0.39 is 0 Å². The lowest BCUT2D eigenvalue weighted by Gasteiger charge is -2.05. The van der Waals surface area contributed by atoms with Gasteiger partial charge in [-0.05, 0) is 42.8 Å². The Labute approximate surface area is 110 Å². The zero-order valence-corrected chi connectivity index (χ0v) is 10.8. The molecule has 0 saturated heterocycles. The van der Waals surface area contributed by atoms with Crippen molar-refractivity contribution in [2.75, 3.05) is 0 Å². The number of hydrogen-bond acceptors (Lipinski definition) is 4. The predicted molar refractivity (Wildman–Crippen MR) is 69.9 cm³/mol. The lowest BCUT2D eigenvalue weighted by molar-refractivity contribution is 0.601. The van der Waals surface area contributed by atoms with Crippen LogP contribution in [0.15, 0.2) is 46.7 Å². The van der Waals surface area contributed by atoms with Gasteiger partial charge in [-0.1, -0.05) is 12.1 Å². The van der Waals surface area contributed by atoms with E-state index >= 15 is 0 Å². The summed E-state index contributed by atoms with van der Waals surface area (Å²) in [4.78, 5) is 8.92. The number of benzene rings is 1. The monoisotopic (exact) mass is 263 g/mol. The second-order valence-corrected chi connectivity index (χ2v) is 5.10. The number of halogens is 1. The van der Waals surface area contributed by atoms with E-state index in [0.717, 1.165) is 12.0 Å². The van der Waals surface area contributed by atoms with E-state index in [9.17, 15) is 4.39 Å². The quantitative estimate of drug-likeness (QED) is 0.862. The third kappa shape index (κ3) is 3.51. The van der Waals surface area contributed by atoms with Crippen molar-refractivity contribution in [2.24, 2.45) is 5.73 Å². The van der Waals surface area contributed by atoms with E-state index in [1.807, 2.05) is 6.92 Å². The van der Waals surface area contributed by atoms with Gasteiger partial charge in [0.2, 0.25) is 0 Å². The molecule has 0 aliphatic rings. The van der Waals surface area contributed by atoms with Crippen LogP contribution in [-0.4, -0.2) is 16.0 Å². The summed E-state index contributed by atoms with van der Waals surface area (Å²) in [5.74, 6) is -0.259. The van der Waals surface area contributed by atoms with Crippen LogP contribution >= 0.6 is 11.8 Å². The Kier molecular flexibility index (Phi) is 4.28. The number of rotatable bonds is 4. The first-order valence-corrected chi connectivity index (χ1v) is 6.45. The molecule has 18 heavy (non-hydrogen) atoms. The Morgan fingerprint density at radius 1 is 1.28 bits per heavy atom. The molecule has 0 spiro atoms. The second kappa shape index (κ2) is 5.93. The molecule has 1 heterocycles. The van der Waals surface area contributed by atoms with Gasteiger partial charge in [0.1, 0.15) is 5.82 Å². The van der Waals surface area contributed by atoms with E-state index in [-0.39, 0.29) is 11.9 Å². The van der Waals surface area contributed by atoms with Crippen LogP contribution in [0.5, 0.6) is 0 Å². The predicted octanol–water partition coefficient (Wildman–Crippen LogP) is 2.66. The largest absolute Gasteiger partial charge is 0.328 e. The first-order valence-electron chi connectivity index (χ1n) is 5.64. The van der Waals surface area contributed by atoms with Crippen LogP contribution in [-0.2, 0) is 6.42 Å². The lowest BCUT2D eigenvalue weighted by atomic mass is 10.1. The molecule has 1 atom stereocenters. The van der Waals surface area contributed by atoms with E-state index in [4.69, 9.17) is 5.73 Å². The van der Waals surface area contributed by atoms with Crippen molar-refractivity contribution in [2.45, 2.75) is 29.4 Å². The third-order valence-electron chi connectivity index (χ3n) is 2.28. The molecule has 0 fully saturated rings. The number of hydrogen-bond donors (Lipinski definition) is 1. The Morgan fingerprint density at radius 3 is 2.56 bits per heavy atom. The molecule has 0 saturated carbocycles. The van der Waals surface area contributed by atoms with Crippen molar-refractivity contribution >= 4 is 11.8 Å². The zero-order valence-electron chi connectivity index (χ0n) is 10.0. The van der Waals surface area contributed by atoms with Crippen molar-refractivity contribution in [3.63, 3.8) is 0 Å². The Hall–Kier alpha value is -1.46. The Bertz CT molecular complexity index is 514. The average Bonchev–Trinajstić information content (AvgIpc) is 2.34. The Morgan fingerprint density at radius 2 is 1.94 bits per heavy atom. The van der Waals surface area contributed by atoms with Gasteiger partial charge in [0.15, 0.2) is 5.16 Å². The third-order valence-corrected chi connectivity index (χ3v) is 3.22. The number of nitrogens with zero attached hydrogens (tertiary/aromatic N) is 2. The minimum atomic E-state index is -0.259. The van der Waals surface area contributed by atoms with Crippen LogP contribution in [0.4, 0.5) is 4.39 Å². The van der Waals surface area contributed by atoms with Crippen molar-refractivity contribution < 1.29 is 4.39 Å². The van der Waals surface area contributed by atoms with Crippen LogP contribution in [0.25, 0.3) is 0 Å². The fraction of sp³-hybridized carbons (Fsp3) is 0.231. The first kappa shape index (κ1) is 13.0. The van der Waals surface area contributed by atoms with Crippen LogP contribution in [0.1, 0.15) is 12.5 Å². The van der Waals surface area contributed by atoms with Crippen LogP contribution in [0.2, 0.25) is 0 Å². The summed E-state index contributed by atoms with van der Waals surface area (Å²) in [5.41, 5.74) is 6.68. The average molecular weight is 263 g/mol. The van der Waals surface area contributed by atoms with Gasteiger partial charge in [0.25, 0.3) is 0 Å². The van der Waals surface area contributed by atoms with E-state index in [0.29, 0.717) is 10.1 Å². The molecule has 1 aromatic heterocycles. The molecule has 3 nitrogen and oxygen atoms in total. The highest BCUT2D eigenvalue weighted by Crippen LogP contribution is 2.26. The molecule has 2 N–H and O–H groups in total. The molecule has 0 amide bonds. The molecule has 0 aliphatic heterocycles. The summed E-state index contributed by atoms with van der Waals surface area (Å²) in [7, 11) is 0. The molecule has 0 radical (unpaired) electrons. The highest BCUT2D eigenvalue weighted by Gasteiger charge is 2.06. The maximum atomic E-state index is 13.4. The molecule has 0 aliphatic carbocycles. The molecule has 1 unspecified atom stereocenters. The number of nitrogens with two attached hydrogens (primary N) is 1. The minimum Gasteiger partial charge on any atom is -0.328 e. The van der Waals surface area contributed by atoms with Gasteiger partial charge < -0.3 is 5.73 Å². The topological polar surface area (TPSA) is 51.8 Å². The number of aromatic nitrogens is 2. The summed E-state index contributed by atoms with van der Waals surface area (Å²) in [6, 6.07) is 6.66. The standard InChI is InChI=1S/C13H14FN3S/c1-9(15)6-10-7-16-13(17-8-10)18-12-5-3-2-4-11(12)14/h2-5,7-9H,6,15H2,1H3. The van der Waals surface area contributed by atoms with Gasteiger partial charge in [-0.2, -0.15) is 0 Å². The fourth-order valence-corrected chi connectivity index (χ4v) is 2.22. The molecule has 5 heteroatoms. The first-order chi connectivity index (χ1) is 8.65. The molecule has 0 bridgehead atoms. The minimum absolute atomic E-state index is 0.0821.